The number of rotatable bonds is 3. The lowest BCUT2D eigenvalue weighted by atomic mass is 10.3. The van der Waals surface area contributed by atoms with E-state index in [1.807, 2.05) is 0 Å². The Balaban J connectivity index is 1.62. The van der Waals surface area contributed by atoms with Crippen LogP contribution in [-0.4, -0.2) is 53.2 Å². The molecular weight excluding hydrogens is 238 g/mol. The van der Waals surface area contributed by atoms with Crippen molar-refractivity contribution < 1.29 is 9.90 Å². The fraction of sp³-hybridized carbons (Fsp3) is 0.636. The highest BCUT2D eigenvalue weighted by Crippen LogP contribution is 2.29. The van der Waals surface area contributed by atoms with E-state index in [1.165, 1.54) is 30.4 Å². The lowest BCUT2D eigenvalue weighted by Gasteiger charge is -2.34. The van der Waals surface area contributed by atoms with Crippen LogP contribution in [0.4, 0.5) is 5.13 Å². The van der Waals surface area contributed by atoms with E-state index < -0.39 is 5.97 Å². The second kappa shape index (κ2) is 4.27. The molecule has 1 saturated heterocycles. The van der Waals surface area contributed by atoms with Crippen molar-refractivity contribution in [3.8, 4) is 0 Å². The van der Waals surface area contributed by atoms with Crippen LogP contribution >= 0.6 is 11.3 Å². The molecule has 1 N–H and O–H groups in total. The molecule has 0 spiro atoms. The summed E-state index contributed by atoms with van der Waals surface area (Å²) in [7, 11) is 0. The maximum absolute atomic E-state index is 10.8. The SMILES string of the molecule is O=C(O)c1cnc(N2CCN(C3CC3)CC2)s1. The minimum atomic E-state index is -0.884. The second-order valence-corrected chi connectivity index (χ2v) is 5.58. The van der Waals surface area contributed by atoms with Crippen LogP contribution in [0.15, 0.2) is 6.20 Å². The molecule has 2 aliphatic rings. The molecule has 2 heterocycles. The summed E-state index contributed by atoms with van der Waals surface area (Å²) in [5.74, 6) is -0.884. The first-order chi connectivity index (χ1) is 8.24. The Labute approximate surface area is 104 Å². The standard InChI is InChI=1S/C11H15N3O2S/c15-10(16)9-7-12-11(17-9)14-5-3-13(4-6-14)8-1-2-8/h7-8H,1-6H2,(H,15,16). The number of aromatic carboxylic acids is 1. The smallest absolute Gasteiger partial charge is 0.347 e. The van der Waals surface area contributed by atoms with Crippen molar-refractivity contribution in [2.75, 3.05) is 31.1 Å². The molecule has 1 saturated carbocycles. The zero-order valence-corrected chi connectivity index (χ0v) is 10.3. The van der Waals surface area contributed by atoms with Crippen molar-refractivity contribution in [2.45, 2.75) is 18.9 Å². The molecule has 1 aliphatic carbocycles. The average Bonchev–Trinajstić information content (AvgIpc) is 3.06. The van der Waals surface area contributed by atoms with Crippen molar-refractivity contribution in [3.63, 3.8) is 0 Å². The Kier molecular flexibility index (Phi) is 2.76. The van der Waals surface area contributed by atoms with E-state index in [9.17, 15) is 4.79 Å². The fourth-order valence-electron chi connectivity index (χ4n) is 2.23. The zero-order chi connectivity index (χ0) is 11.8. The molecule has 6 heteroatoms. The molecule has 3 rings (SSSR count). The van der Waals surface area contributed by atoms with Crippen LogP contribution in [0.25, 0.3) is 0 Å². The van der Waals surface area contributed by atoms with E-state index in [0.717, 1.165) is 37.4 Å². The molecule has 17 heavy (non-hydrogen) atoms. The number of carboxylic acid groups (broad SMARTS) is 1. The van der Waals surface area contributed by atoms with Crippen molar-refractivity contribution in [1.82, 2.24) is 9.88 Å². The molecule has 0 aromatic carbocycles. The predicted octanol–water partition coefficient (Wildman–Crippen LogP) is 1.13. The summed E-state index contributed by atoms with van der Waals surface area (Å²) in [4.78, 5) is 20.0. The van der Waals surface area contributed by atoms with Crippen LogP contribution in [0.1, 0.15) is 22.5 Å². The van der Waals surface area contributed by atoms with Crippen molar-refractivity contribution in [3.05, 3.63) is 11.1 Å². The quantitative estimate of drug-likeness (QED) is 0.875. The summed E-state index contributed by atoms with van der Waals surface area (Å²) in [5, 5.41) is 9.71. The van der Waals surface area contributed by atoms with Gasteiger partial charge in [0.1, 0.15) is 4.88 Å². The molecule has 0 unspecified atom stereocenters. The van der Waals surface area contributed by atoms with E-state index in [1.54, 1.807) is 0 Å². The van der Waals surface area contributed by atoms with E-state index in [4.69, 9.17) is 5.11 Å². The van der Waals surface area contributed by atoms with Crippen LogP contribution < -0.4 is 4.90 Å². The summed E-state index contributed by atoms with van der Waals surface area (Å²) in [5.41, 5.74) is 0. The molecule has 1 aliphatic heterocycles. The number of piperazine rings is 1. The molecule has 0 amide bonds. The van der Waals surface area contributed by atoms with Gasteiger partial charge in [0.2, 0.25) is 0 Å². The van der Waals surface area contributed by atoms with Gasteiger partial charge in [-0.25, -0.2) is 9.78 Å². The fourth-order valence-corrected chi connectivity index (χ4v) is 3.03. The second-order valence-electron chi connectivity index (χ2n) is 4.57. The molecule has 0 radical (unpaired) electrons. The summed E-state index contributed by atoms with van der Waals surface area (Å²) in [6.07, 6.45) is 4.15. The number of hydrogen-bond donors (Lipinski definition) is 1. The normalized spacial score (nSPS) is 21.8. The zero-order valence-electron chi connectivity index (χ0n) is 9.50. The van der Waals surface area contributed by atoms with Gasteiger partial charge in [0.05, 0.1) is 6.20 Å². The molecule has 2 fully saturated rings. The third-order valence-corrected chi connectivity index (χ3v) is 4.40. The predicted molar refractivity (Wildman–Crippen MR) is 65.9 cm³/mol. The van der Waals surface area contributed by atoms with Gasteiger partial charge in [0, 0.05) is 32.2 Å². The van der Waals surface area contributed by atoms with E-state index in [0.29, 0.717) is 4.88 Å². The number of carboxylic acids is 1. The lowest BCUT2D eigenvalue weighted by Crippen LogP contribution is -2.47. The first kappa shape index (κ1) is 11.0. The van der Waals surface area contributed by atoms with Gasteiger partial charge in [0.25, 0.3) is 0 Å². The van der Waals surface area contributed by atoms with E-state index in [2.05, 4.69) is 14.8 Å². The molecule has 0 bridgehead atoms. The maximum atomic E-state index is 10.8. The molecule has 1 aromatic heterocycles. The lowest BCUT2D eigenvalue weighted by molar-refractivity contribution is 0.0702. The Morgan fingerprint density at radius 3 is 2.59 bits per heavy atom. The Morgan fingerprint density at radius 1 is 1.35 bits per heavy atom. The first-order valence-electron chi connectivity index (χ1n) is 5.92. The van der Waals surface area contributed by atoms with Crippen LogP contribution in [0, 0.1) is 0 Å². The number of hydrogen-bond acceptors (Lipinski definition) is 5. The highest BCUT2D eigenvalue weighted by atomic mass is 32.1. The summed E-state index contributed by atoms with van der Waals surface area (Å²) >= 11 is 1.27. The molecule has 0 atom stereocenters. The van der Waals surface area contributed by atoms with Gasteiger partial charge in [-0.1, -0.05) is 11.3 Å². The first-order valence-corrected chi connectivity index (χ1v) is 6.74. The van der Waals surface area contributed by atoms with Gasteiger partial charge in [0.15, 0.2) is 5.13 Å². The summed E-state index contributed by atoms with van der Waals surface area (Å²) < 4.78 is 0. The molecule has 1 aromatic rings. The Hall–Kier alpha value is -1.14. The van der Waals surface area contributed by atoms with Crippen molar-refractivity contribution in [2.24, 2.45) is 0 Å². The number of carbonyl (C=O) groups is 1. The maximum Gasteiger partial charge on any atom is 0.347 e. The highest BCUT2D eigenvalue weighted by molar-refractivity contribution is 7.17. The van der Waals surface area contributed by atoms with Crippen molar-refractivity contribution in [1.29, 1.82) is 0 Å². The third kappa shape index (κ3) is 2.28. The Morgan fingerprint density at radius 2 is 2.06 bits per heavy atom. The number of anilines is 1. The number of aromatic nitrogens is 1. The van der Waals surface area contributed by atoms with Crippen LogP contribution in [0.2, 0.25) is 0 Å². The minimum absolute atomic E-state index is 0.324. The van der Waals surface area contributed by atoms with Gasteiger partial charge in [-0.2, -0.15) is 0 Å². The number of thiazole rings is 1. The number of nitrogens with zero attached hydrogens (tertiary/aromatic N) is 3. The van der Waals surface area contributed by atoms with Gasteiger partial charge in [-0.05, 0) is 12.8 Å². The average molecular weight is 253 g/mol. The van der Waals surface area contributed by atoms with Gasteiger partial charge < -0.3 is 10.0 Å². The van der Waals surface area contributed by atoms with Crippen LogP contribution in [-0.2, 0) is 0 Å². The van der Waals surface area contributed by atoms with Gasteiger partial charge >= 0.3 is 5.97 Å². The van der Waals surface area contributed by atoms with Gasteiger partial charge in [-0.3, -0.25) is 4.90 Å². The Bertz CT molecular complexity index is 422. The monoisotopic (exact) mass is 253 g/mol. The summed E-state index contributed by atoms with van der Waals surface area (Å²) in [6, 6.07) is 0.822. The highest BCUT2D eigenvalue weighted by Gasteiger charge is 2.31. The molecular formula is C11H15N3O2S. The minimum Gasteiger partial charge on any atom is -0.477 e. The third-order valence-electron chi connectivity index (χ3n) is 3.35. The van der Waals surface area contributed by atoms with E-state index >= 15 is 0 Å². The van der Waals surface area contributed by atoms with Gasteiger partial charge in [-0.15, -0.1) is 0 Å². The van der Waals surface area contributed by atoms with Crippen LogP contribution in [0.5, 0.6) is 0 Å². The van der Waals surface area contributed by atoms with E-state index in [-0.39, 0.29) is 0 Å². The largest absolute Gasteiger partial charge is 0.477 e. The molecule has 92 valence electrons. The van der Waals surface area contributed by atoms with Crippen molar-refractivity contribution >= 4 is 22.4 Å². The molecule has 5 nitrogen and oxygen atoms in total. The topological polar surface area (TPSA) is 56.7 Å². The van der Waals surface area contributed by atoms with Crippen LogP contribution in [0.3, 0.4) is 0 Å². The summed E-state index contributed by atoms with van der Waals surface area (Å²) in [6.45, 7) is 4.07.